The fraction of sp³-hybridized carbons (Fsp3) is 0.667. The molecule has 1 atom stereocenters. The Morgan fingerprint density at radius 2 is 1.94 bits per heavy atom. The van der Waals surface area contributed by atoms with E-state index in [0.29, 0.717) is 11.9 Å². The van der Waals surface area contributed by atoms with E-state index < -0.39 is 0 Å². The van der Waals surface area contributed by atoms with Gasteiger partial charge in [0.05, 0.1) is 0 Å². The molecule has 5 nitrogen and oxygen atoms in total. The predicted molar refractivity (Wildman–Crippen MR) is 70.2 cm³/mol. The molecule has 2 heterocycles. The molecule has 0 bridgehead atoms. The normalized spacial score (nSPS) is 21.9. The highest BCUT2D eigenvalue weighted by atomic mass is 15.3. The van der Waals surface area contributed by atoms with E-state index in [2.05, 4.69) is 33.7 Å². The number of nitrogen functional groups attached to an aromatic ring is 1. The third-order valence-electron chi connectivity index (χ3n) is 3.53. The molecule has 1 aliphatic rings. The third kappa shape index (κ3) is 2.34. The molecule has 0 radical (unpaired) electrons. The number of rotatable bonds is 1. The van der Waals surface area contributed by atoms with Crippen LogP contribution in [-0.4, -0.2) is 47.6 Å². The van der Waals surface area contributed by atoms with E-state index in [1.807, 2.05) is 13.8 Å². The van der Waals surface area contributed by atoms with Crippen molar-refractivity contribution in [3.05, 3.63) is 11.4 Å². The molecule has 1 aliphatic heterocycles. The SMILES string of the molecule is Cc1nc(N)c(C)c(N2CCN(C)C(C)C2)n1. The number of aryl methyl sites for hydroxylation is 1. The van der Waals surface area contributed by atoms with Crippen molar-refractivity contribution >= 4 is 11.6 Å². The summed E-state index contributed by atoms with van der Waals surface area (Å²) in [6, 6.07) is 0.541. The van der Waals surface area contributed by atoms with Crippen molar-refractivity contribution in [1.29, 1.82) is 0 Å². The van der Waals surface area contributed by atoms with Gasteiger partial charge in [-0.25, -0.2) is 9.97 Å². The van der Waals surface area contributed by atoms with Crippen LogP contribution in [-0.2, 0) is 0 Å². The zero-order valence-corrected chi connectivity index (χ0v) is 11.1. The Hall–Kier alpha value is -1.36. The van der Waals surface area contributed by atoms with Gasteiger partial charge in [0.2, 0.25) is 0 Å². The van der Waals surface area contributed by atoms with E-state index in [1.165, 1.54) is 0 Å². The summed E-state index contributed by atoms with van der Waals surface area (Å²) in [5, 5.41) is 0. The van der Waals surface area contributed by atoms with Gasteiger partial charge in [-0.1, -0.05) is 0 Å². The molecular formula is C12H21N5. The molecule has 0 amide bonds. The van der Waals surface area contributed by atoms with Crippen molar-refractivity contribution in [2.24, 2.45) is 0 Å². The van der Waals surface area contributed by atoms with Crippen LogP contribution >= 0.6 is 0 Å². The van der Waals surface area contributed by atoms with Gasteiger partial charge in [-0.3, -0.25) is 0 Å². The van der Waals surface area contributed by atoms with Crippen LogP contribution in [0.3, 0.4) is 0 Å². The number of nitrogens with zero attached hydrogens (tertiary/aromatic N) is 4. The summed E-state index contributed by atoms with van der Waals surface area (Å²) in [6.45, 7) is 9.17. The second-order valence-corrected chi connectivity index (χ2v) is 4.88. The van der Waals surface area contributed by atoms with Crippen LogP contribution in [0.1, 0.15) is 18.3 Å². The number of hydrogen-bond acceptors (Lipinski definition) is 5. The van der Waals surface area contributed by atoms with Gasteiger partial charge in [0.1, 0.15) is 17.5 Å². The van der Waals surface area contributed by atoms with Crippen LogP contribution in [0.2, 0.25) is 0 Å². The summed E-state index contributed by atoms with van der Waals surface area (Å²) in [5.41, 5.74) is 6.89. The van der Waals surface area contributed by atoms with Crippen LogP contribution in [0.5, 0.6) is 0 Å². The van der Waals surface area contributed by atoms with Gasteiger partial charge >= 0.3 is 0 Å². The molecule has 0 aliphatic carbocycles. The minimum atomic E-state index is 0.541. The smallest absolute Gasteiger partial charge is 0.137 e. The molecule has 1 saturated heterocycles. The second-order valence-electron chi connectivity index (χ2n) is 4.88. The summed E-state index contributed by atoms with van der Waals surface area (Å²) in [6.07, 6.45) is 0. The predicted octanol–water partition coefficient (Wildman–Crippen LogP) is 0.816. The fourth-order valence-corrected chi connectivity index (χ4v) is 2.18. The van der Waals surface area contributed by atoms with Crippen molar-refractivity contribution in [3.63, 3.8) is 0 Å². The molecule has 1 aromatic rings. The highest BCUT2D eigenvalue weighted by Gasteiger charge is 2.23. The topological polar surface area (TPSA) is 58.3 Å². The molecule has 1 unspecified atom stereocenters. The number of aromatic nitrogens is 2. The average molecular weight is 235 g/mol. The molecule has 2 N–H and O–H groups in total. The Bertz CT molecular complexity index is 418. The van der Waals surface area contributed by atoms with E-state index >= 15 is 0 Å². The van der Waals surface area contributed by atoms with E-state index in [1.54, 1.807) is 0 Å². The average Bonchev–Trinajstić information content (AvgIpc) is 2.27. The van der Waals surface area contributed by atoms with E-state index in [9.17, 15) is 0 Å². The molecule has 0 spiro atoms. The van der Waals surface area contributed by atoms with Gasteiger partial charge in [-0.05, 0) is 27.8 Å². The van der Waals surface area contributed by atoms with E-state index in [-0.39, 0.29) is 0 Å². The zero-order valence-electron chi connectivity index (χ0n) is 11.1. The first-order chi connectivity index (χ1) is 7.99. The van der Waals surface area contributed by atoms with Crippen LogP contribution < -0.4 is 10.6 Å². The lowest BCUT2D eigenvalue weighted by molar-refractivity contribution is 0.233. The molecule has 5 heteroatoms. The lowest BCUT2D eigenvalue weighted by Crippen LogP contribution is -2.50. The lowest BCUT2D eigenvalue weighted by Gasteiger charge is -2.39. The standard InChI is InChI=1S/C12H21N5/c1-8-7-17(6-5-16(8)4)12-9(2)11(13)14-10(3)15-12/h8H,5-7H2,1-4H3,(H2,13,14,15). The first-order valence-corrected chi connectivity index (χ1v) is 6.05. The number of anilines is 2. The summed E-state index contributed by atoms with van der Waals surface area (Å²) < 4.78 is 0. The van der Waals surface area contributed by atoms with Gasteiger partial charge in [-0.2, -0.15) is 0 Å². The number of piperazine rings is 1. The highest BCUT2D eigenvalue weighted by Crippen LogP contribution is 2.23. The Morgan fingerprint density at radius 3 is 2.59 bits per heavy atom. The minimum absolute atomic E-state index is 0.541. The molecule has 1 aromatic heterocycles. The van der Waals surface area contributed by atoms with Gasteiger partial charge in [0.15, 0.2) is 0 Å². The first kappa shape index (κ1) is 12.1. The monoisotopic (exact) mass is 235 g/mol. The molecule has 0 saturated carbocycles. The van der Waals surface area contributed by atoms with Crippen LogP contribution in [0.15, 0.2) is 0 Å². The third-order valence-corrected chi connectivity index (χ3v) is 3.53. The molecule has 2 rings (SSSR count). The van der Waals surface area contributed by atoms with Crippen molar-refractivity contribution in [3.8, 4) is 0 Å². The molecule has 17 heavy (non-hydrogen) atoms. The van der Waals surface area contributed by atoms with E-state index in [4.69, 9.17) is 5.73 Å². The number of hydrogen-bond donors (Lipinski definition) is 1. The van der Waals surface area contributed by atoms with Crippen molar-refractivity contribution < 1.29 is 0 Å². The summed E-state index contributed by atoms with van der Waals surface area (Å²) in [5.74, 6) is 2.34. The summed E-state index contributed by atoms with van der Waals surface area (Å²) in [7, 11) is 2.16. The van der Waals surface area contributed by atoms with Gasteiger partial charge in [-0.15, -0.1) is 0 Å². The van der Waals surface area contributed by atoms with Gasteiger partial charge < -0.3 is 15.5 Å². The van der Waals surface area contributed by atoms with Crippen molar-refractivity contribution in [2.75, 3.05) is 37.3 Å². The molecular weight excluding hydrogens is 214 g/mol. The molecule has 0 aromatic carbocycles. The van der Waals surface area contributed by atoms with Gasteiger partial charge in [0.25, 0.3) is 0 Å². The van der Waals surface area contributed by atoms with Crippen LogP contribution in [0, 0.1) is 13.8 Å². The maximum absolute atomic E-state index is 5.90. The fourth-order valence-electron chi connectivity index (χ4n) is 2.18. The Balaban J connectivity index is 2.28. The van der Waals surface area contributed by atoms with Gasteiger partial charge in [0, 0.05) is 31.2 Å². The number of likely N-dealkylation sites (N-methyl/N-ethyl adjacent to an activating group) is 1. The zero-order chi connectivity index (χ0) is 12.6. The van der Waals surface area contributed by atoms with Crippen molar-refractivity contribution in [1.82, 2.24) is 14.9 Å². The minimum Gasteiger partial charge on any atom is -0.383 e. The van der Waals surface area contributed by atoms with Crippen molar-refractivity contribution in [2.45, 2.75) is 26.8 Å². The maximum atomic E-state index is 5.90. The van der Waals surface area contributed by atoms with Crippen LogP contribution in [0.25, 0.3) is 0 Å². The van der Waals surface area contributed by atoms with E-state index in [0.717, 1.165) is 36.8 Å². The molecule has 1 fully saturated rings. The Morgan fingerprint density at radius 1 is 1.24 bits per heavy atom. The number of nitrogens with two attached hydrogens (primary N) is 1. The quantitative estimate of drug-likeness (QED) is 0.781. The lowest BCUT2D eigenvalue weighted by atomic mass is 10.2. The first-order valence-electron chi connectivity index (χ1n) is 6.05. The van der Waals surface area contributed by atoms with Crippen LogP contribution in [0.4, 0.5) is 11.6 Å². The highest BCUT2D eigenvalue weighted by molar-refractivity contribution is 5.56. The second kappa shape index (κ2) is 4.49. The molecule has 94 valence electrons. The largest absolute Gasteiger partial charge is 0.383 e. The summed E-state index contributed by atoms with van der Waals surface area (Å²) >= 11 is 0. The summed E-state index contributed by atoms with van der Waals surface area (Å²) in [4.78, 5) is 13.4. The Kier molecular flexibility index (Phi) is 3.19. The Labute approximate surface area is 103 Å². The maximum Gasteiger partial charge on any atom is 0.137 e.